The van der Waals surface area contributed by atoms with Gasteiger partial charge in [0.05, 0.1) is 0 Å². The number of likely N-dealkylation sites (tertiary alicyclic amines) is 1. The van der Waals surface area contributed by atoms with Crippen LogP contribution in [-0.4, -0.2) is 37.2 Å². The molecule has 1 N–H and O–H groups in total. The highest BCUT2D eigenvalue weighted by atomic mass is 16.6. The van der Waals surface area contributed by atoms with E-state index in [1.165, 1.54) is 12.8 Å². The second kappa shape index (κ2) is 5.83. The average molecular weight is 274 g/mol. The molecule has 4 heteroatoms. The van der Waals surface area contributed by atoms with Crippen molar-refractivity contribution in [2.24, 2.45) is 5.41 Å². The van der Waals surface area contributed by atoms with E-state index in [0.717, 1.165) is 39.0 Å². The molecule has 1 aromatic rings. The van der Waals surface area contributed by atoms with E-state index in [1.807, 2.05) is 35.2 Å². The Morgan fingerprint density at radius 2 is 1.70 bits per heavy atom. The molecule has 0 aliphatic carbocycles. The number of nitrogens with zero attached hydrogens (tertiary/aromatic N) is 1. The molecule has 20 heavy (non-hydrogen) atoms. The zero-order chi connectivity index (χ0) is 13.8. The van der Waals surface area contributed by atoms with E-state index >= 15 is 0 Å². The third kappa shape index (κ3) is 2.96. The third-order valence-electron chi connectivity index (χ3n) is 4.69. The summed E-state index contributed by atoms with van der Waals surface area (Å²) in [6.45, 7) is 3.89. The Bertz CT molecular complexity index is 445. The normalized spacial score (nSPS) is 21.7. The van der Waals surface area contributed by atoms with Crippen LogP contribution in [-0.2, 0) is 0 Å². The molecule has 3 rings (SSSR count). The molecule has 108 valence electrons. The molecule has 1 spiro atoms. The van der Waals surface area contributed by atoms with E-state index in [1.54, 1.807) is 0 Å². The molecule has 4 nitrogen and oxygen atoms in total. The lowest BCUT2D eigenvalue weighted by Gasteiger charge is -2.44. The molecule has 2 heterocycles. The molecule has 0 bridgehead atoms. The van der Waals surface area contributed by atoms with Crippen molar-refractivity contribution in [1.29, 1.82) is 0 Å². The summed E-state index contributed by atoms with van der Waals surface area (Å²) in [6.07, 6.45) is 4.50. The number of nitrogens with one attached hydrogen (secondary N) is 1. The van der Waals surface area contributed by atoms with E-state index in [4.69, 9.17) is 4.74 Å². The van der Waals surface area contributed by atoms with Crippen LogP contribution < -0.4 is 10.1 Å². The largest absolute Gasteiger partial charge is 0.415 e. The van der Waals surface area contributed by atoms with Gasteiger partial charge >= 0.3 is 6.09 Å². The van der Waals surface area contributed by atoms with Crippen LogP contribution in [0.5, 0.6) is 5.75 Å². The van der Waals surface area contributed by atoms with Gasteiger partial charge in [-0.05, 0) is 56.3 Å². The summed E-state index contributed by atoms with van der Waals surface area (Å²) in [5.74, 6) is 0.625. The van der Waals surface area contributed by atoms with E-state index in [-0.39, 0.29) is 6.09 Å². The van der Waals surface area contributed by atoms with Gasteiger partial charge in [-0.1, -0.05) is 18.2 Å². The molecular weight excluding hydrogens is 252 g/mol. The average Bonchev–Trinajstić information content (AvgIpc) is 2.50. The van der Waals surface area contributed by atoms with Gasteiger partial charge in [-0.25, -0.2) is 4.79 Å². The summed E-state index contributed by atoms with van der Waals surface area (Å²) >= 11 is 0. The molecule has 1 amide bonds. The summed E-state index contributed by atoms with van der Waals surface area (Å²) in [6, 6.07) is 9.30. The van der Waals surface area contributed by atoms with Crippen LogP contribution in [0, 0.1) is 5.41 Å². The first kappa shape index (κ1) is 13.4. The molecule has 2 aliphatic rings. The topological polar surface area (TPSA) is 41.6 Å². The molecule has 2 aliphatic heterocycles. The van der Waals surface area contributed by atoms with Gasteiger partial charge in [0.25, 0.3) is 0 Å². The van der Waals surface area contributed by atoms with Crippen molar-refractivity contribution < 1.29 is 9.53 Å². The monoisotopic (exact) mass is 274 g/mol. The first-order chi connectivity index (χ1) is 9.77. The van der Waals surface area contributed by atoms with E-state index < -0.39 is 0 Å². The van der Waals surface area contributed by atoms with Crippen LogP contribution in [0.15, 0.2) is 30.3 Å². The van der Waals surface area contributed by atoms with E-state index in [9.17, 15) is 4.79 Å². The number of hydrogen-bond donors (Lipinski definition) is 1. The number of rotatable bonds is 1. The van der Waals surface area contributed by atoms with Gasteiger partial charge < -0.3 is 15.0 Å². The molecule has 2 saturated heterocycles. The predicted octanol–water partition coefficient (Wildman–Crippen LogP) is 2.65. The van der Waals surface area contributed by atoms with Gasteiger partial charge in [-0.3, -0.25) is 0 Å². The third-order valence-corrected chi connectivity index (χ3v) is 4.69. The maximum absolute atomic E-state index is 12.1. The highest BCUT2D eigenvalue weighted by molar-refractivity contribution is 5.70. The van der Waals surface area contributed by atoms with Crippen LogP contribution in [0.3, 0.4) is 0 Å². The number of hydrogen-bond acceptors (Lipinski definition) is 3. The number of para-hydroxylation sites is 1. The Balaban J connectivity index is 1.54. The van der Waals surface area contributed by atoms with Crippen molar-refractivity contribution in [2.45, 2.75) is 25.7 Å². The number of carbonyl (C=O) groups excluding carboxylic acids is 1. The summed E-state index contributed by atoms with van der Waals surface area (Å²) in [5, 5.41) is 3.42. The molecule has 0 atom stereocenters. The van der Waals surface area contributed by atoms with Crippen molar-refractivity contribution in [3.63, 3.8) is 0 Å². The fourth-order valence-electron chi connectivity index (χ4n) is 3.27. The number of benzene rings is 1. The van der Waals surface area contributed by atoms with Crippen LogP contribution >= 0.6 is 0 Å². The fraction of sp³-hybridized carbons (Fsp3) is 0.562. The van der Waals surface area contributed by atoms with Gasteiger partial charge in [0.2, 0.25) is 0 Å². The SMILES string of the molecule is O=C(Oc1ccccc1)N1CCC2(CCNCC2)CC1. The first-order valence-electron chi connectivity index (χ1n) is 7.50. The highest BCUT2D eigenvalue weighted by Gasteiger charge is 2.37. The smallest absolute Gasteiger partial charge is 0.410 e. The van der Waals surface area contributed by atoms with Gasteiger partial charge in [-0.2, -0.15) is 0 Å². The van der Waals surface area contributed by atoms with Gasteiger partial charge in [0.1, 0.15) is 5.75 Å². The molecule has 0 radical (unpaired) electrons. The van der Waals surface area contributed by atoms with Crippen molar-refractivity contribution in [3.8, 4) is 5.75 Å². The van der Waals surface area contributed by atoms with Gasteiger partial charge in [0, 0.05) is 13.1 Å². The fourth-order valence-corrected chi connectivity index (χ4v) is 3.27. The minimum atomic E-state index is -0.208. The first-order valence-corrected chi connectivity index (χ1v) is 7.50. The lowest BCUT2D eigenvalue weighted by atomic mass is 9.72. The number of carbonyl (C=O) groups is 1. The Labute approximate surface area is 120 Å². The standard InChI is InChI=1S/C16H22N2O2/c19-15(20-14-4-2-1-3-5-14)18-12-8-16(9-13-18)6-10-17-11-7-16/h1-5,17H,6-13H2. The molecule has 0 aromatic heterocycles. The Morgan fingerprint density at radius 3 is 2.35 bits per heavy atom. The second-order valence-corrected chi connectivity index (χ2v) is 5.92. The Kier molecular flexibility index (Phi) is 3.92. The van der Waals surface area contributed by atoms with Gasteiger partial charge in [-0.15, -0.1) is 0 Å². The van der Waals surface area contributed by atoms with Gasteiger partial charge in [0.15, 0.2) is 0 Å². The molecular formula is C16H22N2O2. The lowest BCUT2D eigenvalue weighted by Crippen LogP contribution is -2.47. The zero-order valence-corrected chi connectivity index (χ0v) is 11.8. The lowest BCUT2D eigenvalue weighted by molar-refractivity contribution is 0.0723. The molecule has 0 saturated carbocycles. The Morgan fingerprint density at radius 1 is 1.05 bits per heavy atom. The number of amides is 1. The highest BCUT2D eigenvalue weighted by Crippen LogP contribution is 2.39. The summed E-state index contributed by atoms with van der Waals surface area (Å²) in [4.78, 5) is 14.0. The van der Waals surface area contributed by atoms with Crippen LogP contribution in [0.1, 0.15) is 25.7 Å². The van der Waals surface area contributed by atoms with Crippen molar-refractivity contribution in [3.05, 3.63) is 30.3 Å². The van der Waals surface area contributed by atoms with Crippen LogP contribution in [0.25, 0.3) is 0 Å². The van der Waals surface area contributed by atoms with Crippen molar-refractivity contribution in [2.75, 3.05) is 26.2 Å². The molecule has 1 aromatic carbocycles. The molecule has 2 fully saturated rings. The summed E-state index contributed by atoms with van der Waals surface area (Å²) < 4.78 is 5.40. The minimum absolute atomic E-state index is 0.208. The van der Waals surface area contributed by atoms with Crippen LogP contribution in [0.4, 0.5) is 4.79 Å². The summed E-state index contributed by atoms with van der Waals surface area (Å²) in [5.41, 5.74) is 0.467. The van der Waals surface area contributed by atoms with E-state index in [2.05, 4.69) is 5.32 Å². The zero-order valence-electron chi connectivity index (χ0n) is 11.8. The van der Waals surface area contributed by atoms with Crippen molar-refractivity contribution >= 4 is 6.09 Å². The number of piperidine rings is 2. The van der Waals surface area contributed by atoms with E-state index in [0.29, 0.717) is 11.2 Å². The minimum Gasteiger partial charge on any atom is -0.410 e. The quantitative estimate of drug-likeness (QED) is 0.856. The maximum atomic E-state index is 12.1. The predicted molar refractivity (Wildman–Crippen MR) is 77.8 cm³/mol. The summed E-state index contributed by atoms with van der Waals surface area (Å²) in [7, 11) is 0. The van der Waals surface area contributed by atoms with Crippen LogP contribution in [0.2, 0.25) is 0 Å². The molecule has 0 unspecified atom stereocenters. The maximum Gasteiger partial charge on any atom is 0.415 e. The Hall–Kier alpha value is -1.55. The number of ether oxygens (including phenoxy) is 1. The second-order valence-electron chi connectivity index (χ2n) is 5.92. The van der Waals surface area contributed by atoms with Crippen molar-refractivity contribution in [1.82, 2.24) is 10.2 Å².